The molecule has 24 heavy (non-hydrogen) atoms. The molecular formula is C14H21NaO8S. The predicted molar refractivity (Wildman–Crippen MR) is 78.3 cm³/mol. The maximum atomic E-state index is 11.5. The molecule has 0 N–H and O–H groups in total. The first kappa shape index (κ1) is 25.8. The molecule has 0 aliphatic rings. The standard InChI is InChI=1S/C14H22O8S.Na/c1-11(15)4-5-13(17)8-9-14(18)7-6-12(16)3-2-10-22-23(19,20)21;/h2-10H2,1H3,(H,19,20,21);/q;+1/p-1. The van der Waals surface area contributed by atoms with Crippen LogP contribution >= 0.6 is 0 Å². The minimum Gasteiger partial charge on any atom is -0.726 e. The van der Waals surface area contributed by atoms with Crippen LogP contribution in [0.2, 0.25) is 0 Å². The molecular weight excluding hydrogens is 351 g/mol. The van der Waals surface area contributed by atoms with Crippen molar-refractivity contribution in [2.45, 2.75) is 58.3 Å². The smallest absolute Gasteiger partial charge is 0.726 e. The molecule has 0 amide bonds. The third-order valence-corrected chi connectivity index (χ3v) is 3.40. The molecule has 8 nitrogen and oxygen atoms in total. The second kappa shape index (κ2) is 13.8. The molecule has 0 aromatic rings. The van der Waals surface area contributed by atoms with Crippen molar-refractivity contribution in [3.8, 4) is 0 Å². The van der Waals surface area contributed by atoms with Gasteiger partial charge in [0.1, 0.15) is 23.1 Å². The molecule has 0 bridgehead atoms. The van der Waals surface area contributed by atoms with Gasteiger partial charge in [-0.05, 0) is 13.3 Å². The van der Waals surface area contributed by atoms with E-state index in [0.717, 1.165) is 0 Å². The van der Waals surface area contributed by atoms with Crippen LogP contribution in [0.3, 0.4) is 0 Å². The van der Waals surface area contributed by atoms with Gasteiger partial charge in [0, 0.05) is 44.9 Å². The summed E-state index contributed by atoms with van der Waals surface area (Å²) in [4.78, 5) is 45.1. The summed E-state index contributed by atoms with van der Waals surface area (Å²) >= 11 is 0. The Balaban J connectivity index is 0. The molecule has 0 aliphatic heterocycles. The maximum absolute atomic E-state index is 11.5. The fraction of sp³-hybridized carbons (Fsp3) is 0.714. The Bertz CT molecular complexity index is 541. The summed E-state index contributed by atoms with van der Waals surface area (Å²) in [7, 11) is -4.74. The van der Waals surface area contributed by atoms with Crippen LogP contribution in [-0.2, 0) is 33.8 Å². The zero-order valence-corrected chi connectivity index (χ0v) is 16.9. The minimum atomic E-state index is -4.74. The molecule has 0 aromatic carbocycles. The van der Waals surface area contributed by atoms with Crippen molar-refractivity contribution >= 4 is 33.5 Å². The van der Waals surface area contributed by atoms with Crippen molar-refractivity contribution in [1.82, 2.24) is 0 Å². The first-order valence-electron chi connectivity index (χ1n) is 7.25. The van der Waals surface area contributed by atoms with Gasteiger partial charge in [0.2, 0.25) is 10.4 Å². The van der Waals surface area contributed by atoms with Crippen molar-refractivity contribution < 1.29 is 65.9 Å². The van der Waals surface area contributed by atoms with E-state index >= 15 is 0 Å². The summed E-state index contributed by atoms with van der Waals surface area (Å²) < 4.78 is 34.4. The molecule has 0 aromatic heterocycles. The van der Waals surface area contributed by atoms with E-state index in [-0.39, 0.29) is 111 Å². The Labute approximate surface area is 163 Å². The second-order valence-corrected chi connectivity index (χ2v) is 6.20. The van der Waals surface area contributed by atoms with Gasteiger partial charge in [-0.1, -0.05) is 0 Å². The second-order valence-electron chi connectivity index (χ2n) is 5.15. The Kier molecular flexibility index (Phi) is 14.8. The topological polar surface area (TPSA) is 135 Å². The van der Waals surface area contributed by atoms with Crippen molar-refractivity contribution in [3.05, 3.63) is 0 Å². The van der Waals surface area contributed by atoms with E-state index in [1.165, 1.54) is 6.92 Å². The first-order valence-corrected chi connectivity index (χ1v) is 8.58. The van der Waals surface area contributed by atoms with Gasteiger partial charge in [0.05, 0.1) is 6.61 Å². The van der Waals surface area contributed by atoms with Gasteiger partial charge in [-0.2, -0.15) is 0 Å². The van der Waals surface area contributed by atoms with Crippen LogP contribution in [0.5, 0.6) is 0 Å². The van der Waals surface area contributed by atoms with Crippen molar-refractivity contribution in [2.75, 3.05) is 6.61 Å². The zero-order chi connectivity index (χ0) is 17.9. The Hall–Kier alpha value is -0.450. The summed E-state index contributed by atoms with van der Waals surface area (Å²) in [5, 5.41) is 0. The van der Waals surface area contributed by atoms with Crippen LogP contribution in [0.25, 0.3) is 0 Å². The van der Waals surface area contributed by atoms with E-state index in [4.69, 9.17) is 0 Å². The fourth-order valence-corrected chi connectivity index (χ4v) is 2.00. The van der Waals surface area contributed by atoms with Gasteiger partial charge in [-0.15, -0.1) is 0 Å². The molecule has 0 heterocycles. The van der Waals surface area contributed by atoms with Crippen LogP contribution < -0.4 is 29.6 Å². The summed E-state index contributed by atoms with van der Waals surface area (Å²) in [6.45, 7) is 1.03. The number of carbonyl (C=O) groups excluding carboxylic acids is 4. The SMILES string of the molecule is CC(=O)CCC(=O)CCC(=O)CCC(=O)CCCOS(=O)(=O)[O-].[Na+]. The number of hydrogen-bond donors (Lipinski definition) is 0. The molecule has 0 fully saturated rings. The number of Topliss-reactive ketones (excluding diaryl/α,β-unsaturated/α-hetero) is 4. The van der Waals surface area contributed by atoms with E-state index in [1.54, 1.807) is 0 Å². The molecule has 0 aliphatic carbocycles. The molecule has 0 rings (SSSR count). The quantitative estimate of drug-likeness (QED) is 0.146. The summed E-state index contributed by atoms with van der Waals surface area (Å²) in [5.41, 5.74) is 0. The molecule has 0 atom stereocenters. The van der Waals surface area contributed by atoms with Crippen molar-refractivity contribution in [1.29, 1.82) is 0 Å². The van der Waals surface area contributed by atoms with E-state index in [1.807, 2.05) is 0 Å². The number of carbonyl (C=O) groups is 4. The molecule has 0 saturated carbocycles. The molecule has 10 heteroatoms. The van der Waals surface area contributed by atoms with Crippen molar-refractivity contribution in [2.24, 2.45) is 0 Å². The molecule has 0 unspecified atom stereocenters. The van der Waals surface area contributed by atoms with Gasteiger partial charge in [-0.25, -0.2) is 8.42 Å². The minimum absolute atomic E-state index is 0. The summed E-state index contributed by atoms with van der Waals surface area (Å²) in [5.74, 6) is -0.694. The van der Waals surface area contributed by atoms with Crippen LogP contribution in [0.1, 0.15) is 58.3 Å². The fourth-order valence-electron chi connectivity index (χ4n) is 1.68. The summed E-state index contributed by atoms with van der Waals surface area (Å²) in [6.07, 6.45) is 0.524. The monoisotopic (exact) mass is 372 g/mol. The zero-order valence-electron chi connectivity index (χ0n) is 14.0. The van der Waals surface area contributed by atoms with Gasteiger partial charge in [-0.3, -0.25) is 18.6 Å². The van der Waals surface area contributed by atoms with E-state index in [9.17, 15) is 32.1 Å². The van der Waals surface area contributed by atoms with E-state index in [2.05, 4.69) is 4.18 Å². The number of hydrogen-bond acceptors (Lipinski definition) is 8. The van der Waals surface area contributed by atoms with Gasteiger partial charge >= 0.3 is 29.6 Å². The van der Waals surface area contributed by atoms with Crippen LogP contribution in [0.15, 0.2) is 0 Å². The van der Waals surface area contributed by atoms with E-state index in [0.29, 0.717) is 0 Å². The van der Waals surface area contributed by atoms with E-state index < -0.39 is 10.4 Å². The van der Waals surface area contributed by atoms with Crippen molar-refractivity contribution in [3.63, 3.8) is 0 Å². The first-order chi connectivity index (χ1) is 10.6. The Morgan fingerprint density at radius 2 is 1.17 bits per heavy atom. The normalized spacial score (nSPS) is 10.8. The van der Waals surface area contributed by atoms with Crippen LogP contribution in [0.4, 0.5) is 0 Å². The number of ketones is 4. The largest absolute Gasteiger partial charge is 1.00 e. The summed E-state index contributed by atoms with van der Waals surface area (Å²) in [6, 6.07) is 0. The molecule has 0 spiro atoms. The predicted octanol–water partition coefficient (Wildman–Crippen LogP) is -2.12. The number of rotatable bonds is 14. The Morgan fingerprint density at radius 3 is 1.54 bits per heavy atom. The average Bonchev–Trinajstić information content (AvgIpc) is 2.44. The third-order valence-electron chi connectivity index (χ3n) is 2.95. The Morgan fingerprint density at radius 1 is 0.792 bits per heavy atom. The van der Waals surface area contributed by atoms with Gasteiger partial charge < -0.3 is 9.35 Å². The van der Waals surface area contributed by atoms with Gasteiger partial charge in [0.25, 0.3) is 0 Å². The average molecular weight is 372 g/mol. The molecule has 0 saturated heterocycles. The van der Waals surface area contributed by atoms with Crippen LogP contribution in [-0.4, -0.2) is 42.7 Å². The van der Waals surface area contributed by atoms with Gasteiger partial charge in [0.15, 0.2) is 0 Å². The molecule has 0 radical (unpaired) electrons. The van der Waals surface area contributed by atoms with Crippen LogP contribution in [0, 0.1) is 0 Å². The maximum Gasteiger partial charge on any atom is 1.00 e. The third kappa shape index (κ3) is 17.9. The molecule has 132 valence electrons.